The molecule has 31 heavy (non-hydrogen) atoms. The Balaban J connectivity index is 1.51. The number of ether oxygens (including phenoxy) is 2. The maximum atomic E-state index is 13.0. The molecule has 1 aromatic rings. The van der Waals surface area contributed by atoms with Crippen LogP contribution in [0, 0.1) is 5.92 Å². The first-order valence-electron chi connectivity index (χ1n) is 11.4. The van der Waals surface area contributed by atoms with Gasteiger partial charge in [0.2, 0.25) is 0 Å². The zero-order valence-electron chi connectivity index (χ0n) is 19.5. The van der Waals surface area contributed by atoms with Crippen LogP contribution in [0.3, 0.4) is 0 Å². The summed E-state index contributed by atoms with van der Waals surface area (Å²) in [6.45, 7) is 14.3. The Bertz CT molecular complexity index is 758. The van der Waals surface area contributed by atoms with E-state index in [0.29, 0.717) is 17.2 Å². The minimum atomic E-state index is -0.570. The van der Waals surface area contributed by atoms with E-state index in [0.717, 1.165) is 45.6 Å². The van der Waals surface area contributed by atoms with E-state index < -0.39 is 11.7 Å². The summed E-state index contributed by atoms with van der Waals surface area (Å²) in [6, 6.07) is 7.06. The molecule has 7 heteroatoms. The molecule has 2 aliphatic rings. The molecular weight excluding hydrogens is 394 g/mol. The number of morpholine rings is 1. The fourth-order valence-corrected chi connectivity index (χ4v) is 4.45. The van der Waals surface area contributed by atoms with Gasteiger partial charge < -0.3 is 14.4 Å². The molecule has 2 amide bonds. The first-order chi connectivity index (χ1) is 14.6. The van der Waals surface area contributed by atoms with Crippen molar-refractivity contribution in [2.24, 2.45) is 5.92 Å². The molecule has 2 atom stereocenters. The molecule has 0 spiro atoms. The van der Waals surface area contributed by atoms with Gasteiger partial charge in [0.15, 0.2) is 0 Å². The number of nitrogens with one attached hydrogen (secondary N) is 1. The summed E-state index contributed by atoms with van der Waals surface area (Å²) in [4.78, 5) is 29.4. The fraction of sp³-hybridized carbons (Fsp3) is 0.667. The lowest BCUT2D eigenvalue weighted by atomic mass is 9.95. The van der Waals surface area contributed by atoms with Crippen LogP contribution in [0.2, 0.25) is 0 Å². The van der Waals surface area contributed by atoms with Gasteiger partial charge in [-0.3, -0.25) is 15.0 Å². The van der Waals surface area contributed by atoms with Crippen molar-refractivity contribution in [3.63, 3.8) is 0 Å². The van der Waals surface area contributed by atoms with Crippen molar-refractivity contribution < 1.29 is 19.1 Å². The van der Waals surface area contributed by atoms with E-state index in [4.69, 9.17) is 9.47 Å². The molecule has 2 heterocycles. The molecule has 1 aromatic carbocycles. The highest BCUT2D eigenvalue weighted by molar-refractivity contribution is 5.96. The lowest BCUT2D eigenvalue weighted by molar-refractivity contribution is -0.0728. The summed E-state index contributed by atoms with van der Waals surface area (Å²) in [5.41, 5.74) is 0.576. The number of benzene rings is 1. The number of piperidine rings is 1. The third-order valence-electron chi connectivity index (χ3n) is 5.67. The molecule has 1 N–H and O–H groups in total. The number of hydrogen-bond acceptors (Lipinski definition) is 5. The van der Waals surface area contributed by atoms with Gasteiger partial charge >= 0.3 is 6.09 Å². The van der Waals surface area contributed by atoms with E-state index in [1.54, 1.807) is 24.3 Å². The minimum absolute atomic E-state index is 0.0138. The third kappa shape index (κ3) is 7.21. The molecule has 0 aliphatic carbocycles. The van der Waals surface area contributed by atoms with Crippen LogP contribution in [0.5, 0.6) is 0 Å². The maximum absolute atomic E-state index is 13.0. The van der Waals surface area contributed by atoms with Crippen LogP contribution in [0.4, 0.5) is 10.5 Å². The Hall–Kier alpha value is -2.12. The first kappa shape index (κ1) is 23.5. The lowest BCUT2D eigenvalue weighted by Gasteiger charge is -2.39. The number of carbonyl (C=O) groups excluding carboxylic acids is 2. The number of anilines is 1. The van der Waals surface area contributed by atoms with Gasteiger partial charge in [-0.15, -0.1) is 0 Å². The highest BCUT2D eigenvalue weighted by Crippen LogP contribution is 2.23. The van der Waals surface area contributed by atoms with E-state index in [9.17, 15) is 9.59 Å². The summed E-state index contributed by atoms with van der Waals surface area (Å²) >= 11 is 0. The third-order valence-corrected chi connectivity index (χ3v) is 5.67. The predicted octanol–water partition coefficient (Wildman–Crippen LogP) is 4.00. The Labute approximate surface area is 186 Å². The van der Waals surface area contributed by atoms with Crippen LogP contribution in [0.1, 0.15) is 57.8 Å². The van der Waals surface area contributed by atoms with E-state index in [1.165, 1.54) is 0 Å². The number of nitrogens with zero attached hydrogens (tertiary/aromatic N) is 2. The number of hydrogen-bond donors (Lipinski definition) is 1. The molecule has 2 aliphatic heterocycles. The van der Waals surface area contributed by atoms with Crippen LogP contribution >= 0.6 is 0 Å². The van der Waals surface area contributed by atoms with E-state index in [2.05, 4.69) is 24.1 Å². The lowest BCUT2D eigenvalue weighted by Crippen LogP contribution is -2.48. The van der Waals surface area contributed by atoms with E-state index in [1.807, 2.05) is 25.7 Å². The summed E-state index contributed by atoms with van der Waals surface area (Å²) in [6.07, 6.45) is 2.08. The zero-order chi connectivity index (χ0) is 22.6. The molecule has 0 bridgehead atoms. The van der Waals surface area contributed by atoms with Gasteiger partial charge in [0.25, 0.3) is 5.91 Å². The van der Waals surface area contributed by atoms with Crippen molar-refractivity contribution in [3.05, 3.63) is 29.8 Å². The smallest absolute Gasteiger partial charge is 0.412 e. The average Bonchev–Trinajstić information content (AvgIpc) is 2.66. The van der Waals surface area contributed by atoms with Crippen LogP contribution in [-0.2, 0) is 9.47 Å². The molecule has 3 rings (SSSR count). The molecule has 2 unspecified atom stereocenters. The second kappa shape index (κ2) is 10.0. The maximum Gasteiger partial charge on any atom is 0.412 e. The number of carbonyl (C=O) groups is 2. The Morgan fingerprint density at radius 3 is 2.39 bits per heavy atom. The Morgan fingerprint density at radius 2 is 1.77 bits per heavy atom. The average molecular weight is 432 g/mol. The normalized spacial score (nSPS) is 23.5. The van der Waals surface area contributed by atoms with Crippen LogP contribution in [0.25, 0.3) is 0 Å². The van der Waals surface area contributed by atoms with Crippen LogP contribution in [-0.4, -0.2) is 72.3 Å². The molecule has 7 nitrogen and oxygen atoms in total. The molecule has 172 valence electrons. The molecule has 0 aromatic heterocycles. The molecular formula is C24H37N3O4. The van der Waals surface area contributed by atoms with Gasteiger partial charge in [-0.25, -0.2) is 4.79 Å². The largest absolute Gasteiger partial charge is 0.444 e. The van der Waals surface area contributed by atoms with Gasteiger partial charge in [0, 0.05) is 44.0 Å². The summed E-state index contributed by atoms with van der Waals surface area (Å²) < 4.78 is 11.1. The van der Waals surface area contributed by atoms with Crippen molar-refractivity contribution in [1.29, 1.82) is 0 Å². The van der Waals surface area contributed by atoms with Gasteiger partial charge in [0.1, 0.15) is 5.60 Å². The topological polar surface area (TPSA) is 71.1 Å². The standard InChI is InChI=1S/C24H37N3O4/c1-17-14-26(15-18(2)30-17)16-19-9-11-27(12-10-19)22(28)20-7-6-8-21(13-20)25-23(29)31-24(3,4)5/h6-8,13,17-19H,9-12,14-16H2,1-5H3,(H,25,29). The molecule has 2 saturated heterocycles. The summed E-state index contributed by atoms with van der Waals surface area (Å²) in [7, 11) is 0. The number of rotatable bonds is 4. The van der Waals surface area contributed by atoms with Crippen LogP contribution in [0.15, 0.2) is 24.3 Å². The molecule has 0 saturated carbocycles. The van der Waals surface area contributed by atoms with Crippen molar-refractivity contribution in [2.45, 2.75) is 65.3 Å². The number of amides is 2. The second-order valence-corrected chi connectivity index (χ2v) is 9.92. The van der Waals surface area contributed by atoms with E-state index >= 15 is 0 Å². The van der Waals surface area contributed by atoms with Crippen molar-refractivity contribution in [1.82, 2.24) is 9.80 Å². The van der Waals surface area contributed by atoms with Gasteiger partial charge in [-0.05, 0) is 71.6 Å². The quantitative estimate of drug-likeness (QED) is 0.780. The second-order valence-electron chi connectivity index (χ2n) is 9.92. The molecule has 2 fully saturated rings. The SMILES string of the molecule is CC1CN(CC2CCN(C(=O)c3cccc(NC(=O)OC(C)(C)C)c3)CC2)CC(C)O1. The Morgan fingerprint density at radius 1 is 1.13 bits per heavy atom. The predicted molar refractivity (Wildman–Crippen MR) is 121 cm³/mol. The monoisotopic (exact) mass is 431 g/mol. The minimum Gasteiger partial charge on any atom is -0.444 e. The fourth-order valence-electron chi connectivity index (χ4n) is 4.45. The van der Waals surface area contributed by atoms with E-state index in [-0.39, 0.29) is 18.1 Å². The van der Waals surface area contributed by atoms with Crippen LogP contribution < -0.4 is 5.32 Å². The van der Waals surface area contributed by atoms with Gasteiger partial charge in [-0.2, -0.15) is 0 Å². The summed E-state index contributed by atoms with van der Waals surface area (Å²) in [5.74, 6) is 0.627. The van der Waals surface area contributed by atoms with Crippen molar-refractivity contribution in [2.75, 3.05) is 38.0 Å². The summed E-state index contributed by atoms with van der Waals surface area (Å²) in [5, 5.41) is 2.71. The number of likely N-dealkylation sites (tertiary alicyclic amines) is 1. The highest BCUT2D eigenvalue weighted by Gasteiger charge is 2.28. The van der Waals surface area contributed by atoms with Gasteiger partial charge in [-0.1, -0.05) is 6.07 Å². The van der Waals surface area contributed by atoms with Crippen molar-refractivity contribution in [3.8, 4) is 0 Å². The first-order valence-corrected chi connectivity index (χ1v) is 11.4. The van der Waals surface area contributed by atoms with Gasteiger partial charge in [0.05, 0.1) is 12.2 Å². The Kier molecular flexibility index (Phi) is 7.59. The van der Waals surface area contributed by atoms with Crippen molar-refractivity contribution >= 4 is 17.7 Å². The zero-order valence-corrected chi connectivity index (χ0v) is 19.5. The molecule has 0 radical (unpaired) electrons. The highest BCUT2D eigenvalue weighted by atomic mass is 16.6.